The summed E-state index contributed by atoms with van der Waals surface area (Å²) in [6.45, 7) is 4.23. The van der Waals surface area contributed by atoms with Crippen LogP contribution in [0.5, 0.6) is 5.75 Å². The van der Waals surface area contributed by atoms with E-state index in [0.717, 1.165) is 23.4 Å². The molecule has 0 saturated carbocycles. The molecule has 2 rings (SSSR count). The summed E-state index contributed by atoms with van der Waals surface area (Å²) in [4.78, 5) is 0. The van der Waals surface area contributed by atoms with Crippen molar-refractivity contribution < 1.29 is 4.74 Å². The monoisotopic (exact) mass is 245 g/mol. The van der Waals surface area contributed by atoms with E-state index in [1.165, 1.54) is 0 Å². The number of methoxy groups -OCH3 is 1. The molecule has 0 aliphatic carbocycles. The quantitative estimate of drug-likeness (QED) is 0.900. The van der Waals surface area contributed by atoms with Crippen LogP contribution in [0.3, 0.4) is 0 Å². The smallest absolute Gasteiger partial charge is 0.128 e. The fourth-order valence-corrected chi connectivity index (χ4v) is 1.92. The van der Waals surface area contributed by atoms with Crippen molar-refractivity contribution in [1.29, 1.82) is 0 Å². The highest BCUT2D eigenvalue weighted by Crippen LogP contribution is 2.30. The third-order valence-corrected chi connectivity index (χ3v) is 3.16. The van der Waals surface area contributed by atoms with Crippen LogP contribution in [-0.4, -0.2) is 16.9 Å². The van der Waals surface area contributed by atoms with Gasteiger partial charge in [-0.25, -0.2) is 4.68 Å². The second-order valence-corrected chi connectivity index (χ2v) is 4.36. The molecule has 0 amide bonds. The first-order valence-electron chi connectivity index (χ1n) is 6.15. The fourth-order valence-electron chi connectivity index (χ4n) is 1.92. The van der Waals surface area contributed by atoms with E-state index in [-0.39, 0.29) is 0 Å². The SMILES string of the molecule is CCC(C)n1nc(-c2ccccc2OC)cc1N. The number of aromatic nitrogens is 2. The van der Waals surface area contributed by atoms with Crippen molar-refractivity contribution in [2.24, 2.45) is 0 Å². The van der Waals surface area contributed by atoms with Gasteiger partial charge >= 0.3 is 0 Å². The largest absolute Gasteiger partial charge is 0.496 e. The number of hydrogen-bond acceptors (Lipinski definition) is 3. The summed E-state index contributed by atoms with van der Waals surface area (Å²) in [5, 5.41) is 4.57. The van der Waals surface area contributed by atoms with E-state index >= 15 is 0 Å². The van der Waals surface area contributed by atoms with Gasteiger partial charge in [-0.2, -0.15) is 5.10 Å². The van der Waals surface area contributed by atoms with E-state index in [0.29, 0.717) is 11.9 Å². The highest BCUT2D eigenvalue weighted by Gasteiger charge is 2.13. The molecule has 18 heavy (non-hydrogen) atoms. The van der Waals surface area contributed by atoms with Crippen molar-refractivity contribution in [2.45, 2.75) is 26.3 Å². The van der Waals surface area contributed by atoms with Crippen LogP contribution in [-0.2, 0) is 0 Å². The maximum absolute atomic E-state index is 6.01. The zero-order valence-corrected chi connectivity index (χ0v) is 11.1. The van der Waals surface area contributed by atoms with Crippen LogP contribution in [0.4, 0.5) is 5.82 Å². The van der Waals surface area contributed by atoms with Gasteiger partial charge in [0, 0.05) is 11.6 Å². The average molecular weight is 245 g/mol. The molecular formula is C14H19N3O. The number of ether oxygens (including phenoxy) is 1. The van der Waals surface area contributed by atoms with Crippen LogP contribution in [0.2, 0.25) is 0 Å². The zero-order valence-electron chi connectivity index (χ0n) is 11.1. The lowest BCUT2D eigenvalue weighted by Crippen LogP contribution is -2.09. The molecule has 1 aromatic carbocycles. The van der Waals surface area contributed by atoms with Gasteiger partial charge in [0.05, 0.1) is 18.8 Å². The first kappa shape index (κ1) is 12.5. The van der Waals surface area contributed by atoms with Crippen LogP contribution < -0.4 is 10.5 Å². The Labute approximate surface area is 107 Å². The third-order valence-electron chi connectivity index (χ3n) is 3.16. The van der Waals surface area contributed by atoms with Crippen LogP contribution in [0.1, 0.15) is 26.3 Å². The number of anilines is 1. The summed E-state index contributed by atoms with van der Waals surface area (Å²) >= 11 is 0. The molecular weight excluding hydrogens is 226 g/mol. The Bertz CT molecular complexity index is 534. The van der Waals surface area contributed by atoms with Gasteiger partial charge in [-0.05, 0) is 25.5 Å². The van der Waals surface area contributed by atoms with Crippen LogP contribution in [0, 0.1) is 0 Å². The lowest BCUT2D eigenvalue weighted by Gasteiger charge is -2.10. The first-order valence-corrected chi connectivity index (χ1v) is 6.15. The average Bonchev–Trinajstić information content (AvgIpc) is 2.79. The molecule has 1 atom stereocenters. The van der Waals surface area contributed by atoms with E-state index in [2.05, 4.69) is 18.9 Å². The number of hydrogen-bond donors (Lipinski definition) is 1. The van der Waals surface area contributed by atoms with Gasteiger partial charge in [0.2, 0.25) is 0 Å². The molecule has 1 aromatic heterocycles. The van der Waals surface area contributed by atoms with Crippen LogP contribution in [0.25, 0.3) is 11.3 Å². The van der Waals surface area contributed by atoms with Gasteiger partial charge in [-0.1, -0.05) is 19.1 Å². The molecule has 0 spiro atoms. The molecule has 2 N–H and O–H groups in total. The molecule has 2 aromatic rings. The number of nitrogen functional groups attached to an aromatic ring is 1. The Morgan fingerprint density at radius 1 is 1.39 bits per heavy atom. The van der Waals surface area contributed by atoms with E-state index in [4.69, 9.17) is 10.5 Å². The Morgan fingerprint density at radius 3 is 2.78 bits per heavy atom. The van der Waals surface area contributed by atoms with Gasteiger partial charge in [-0.3, -0.25) is 0 Å². The van der Waals surface area contributed by atoms with Gasteiger partial charge < -0.3 is 10.5 Å². The first-order chi connectivity index (χ1) is 8.67. The molecule has 0 fully saturated rings. The maximum Gasteiger partial charge on any atom is 0.128 e. The highest BCUT2D eigenvalue weighted by molar-refractivity contribution is 5.69. The van der Waals surface area contributed by atoms with E-state index in [1.54, 1.807) is 7.11 Å². The van der Waals surface area contributed by atoms with Crippen molar-refractivity contribution in [2.75, 3.05) is 12.8 Å². The minimum Gasteiger partial charge on any atom is -0.496 e. The summed E-state index contributed by atoms with van der Waals surface area (Å²) < 4.78 is 7.21. The van der Waals surface area contributed by atoms with Gasteiger partial charge in [0.1, 0.15) is 11.6 Å². The number of para-hydroxylation sites is 1. The molecule has 0 saturated heterocycles. The number of rotatable bonds is 4. The van der Waals surface area contributed by atoms with Crippen molar-refractivity contribution in [3.8, 4) is 17.0 Å². The summed E-state index contributed by atoms with van der Waals surface area (Å²) in [5.41, 5.74) is 7.82. The molecule has 0 bridgehead atoms. The maximum atomic E-state index is 6.01. The minimum atomic E-state index is 0.299. The van der Waals surface area contributed by atoms with Gasteiger partial charge in [0.25, 0.3) is 0 Å². The Morgan fingerprint density at radius 2 is 2.11 bits per heavy atom. The Hall–Kier alpha value is -1.97. The third kappa shape index (κ3) is 2.18. The van der Waals surface area contributed by atoms with Crippen molar-refractivity contribution in [3.63, 3.8) is 0 Å². The topological polar surface area (TPSA) is 53.1 Å². The molecule has 0 radical (unpaired) electrons. The molecule has 4 heteroatoms. The summed E-state index contributed by atoms with van der Waals surface area (Å²) in [7, 11) is 1.66. The molecule has 1 heterocycles. The lowest BCUT2D eigenvalue weighted by atomic mass is 10.1. The predicted molar refractivity (Wildman–Crippen MR) is 73.6 cm³/mol. The molecule has 0 aliphatic rings. The van der Waals surface area contributed by atoms with Crippen molar-refractivity contribution in [1.82, 2.24) is 9.78 Å². The van der Waals surface area contributed by atoms with E-state index in [9.17, 15) is 0 Å². The van der Waals surface area contributed by atoms with E-state index in [1.807, 2.05) is 35.0 Å². The van der Waals surface area contributed by atoms with Crippen molar-refractivity contribution in [3.05, 3.63) is 30.3 Å². The standard InChI is InChI=1S/C14H19N3O/c1-4-10(2)17-14(15)9-12(16-17)11-7-5-6-8-13(11)18-3/h5-10H,4,15H2,1-3H3. The lowest BCUT2D eigenvalue weighted by molar-refractivity contribution is 0.416. The van der Waals surface area contributed by atoms with Crippen molar-refractivity contribution >= 4 is 5.82 Å². The number of benzene rings is 1. The Kier molecular flexibility index (Phi) is 3.55. The minimum absolute atomic E-state index is 0.299. The summed E-state index contributed by atoms with van der Waals surface area (Å²) in [6.07, 6.45) is 0.997. The molecule has 4 nitrogen and oxygen atoms in total. The summed E-state index contributed by atoms with van der Waals surface area (Å²) in [5.74, 6) is 1.50. The number of nitrogens with two attached hydrogens (primary N) is 1. The van der Waals surface area contributed by atoms with Crippen LogP contribution in [0.15, 0.2) is 30.3 Å². The van der Waals surface area contributed by atoms with Gasteiger partial charge in [-0.15, -0.1) is 0 Å². The normalized spacial score (nSPS) is 12.4. The van der Waals surface area contributed by atoms with Crippen LogP contribution >= 0.6 is 0 Å². The summed E-state index contributed by atoms with van der Waals surface area (Å²) in [6, 6.07) is 10.0. The molecule has 96 valence electrons. The molecule has 1 unspecified atom stereocenters. The van der Waals surface area contributed by atoms with Gasteiger partial charge in [0.15, 0.2) is 0 Å². The number of nitrogens with zero attached hydrogens (tertiary/aromatic N) is 2. The second kappa shape index (κ2) is 5.12. The van der Waals surface area contributed by atoms with E-state index < -0.39 is 0 Å². The zero-order chi connectivity index (χ0) is 13.1. The Balaban J connectivity index is 2.46. The predicted octanol–water partition coefficient (Wildman–Crippen LogP) is 3.11. The molecule has 0 aliphatic heterocycles. The second-order valence-electron chi connectivity index (χ2n) is 4.36. The fraction of sp³-hybridized carbons (Fsp3) is 0.357. The highest BCUT2D eigenvalue weighted by atomic mass is 16.5.